The first kappa shape index (κ1) is 19.8. The predicted molar refractivity (Wildman–Crippen MR) is 91.8 cm³/mol. The summed E-state index contributed by atoms with van der Waals surface area (Å²) in [5.74, 6) is -0.758. The number of rotatable bonds is 7. The van der Waals surface area contributed by atoms with Crippen LogP contribution in [0.1, 0.15) is 20.3 Å². The number of aliphatic hydroxyl groups is 2. The number of nitro groups is 1. The molecule has 11 nitrogen and oxygen atoms in total. The van der Waals surface area contributed by atoms with Crippen molar-refractivity contribution in [2.75, 3.05) is 30.5 Å². The minimum Gasteiger partial charge on any atom is -0.467 e. The molecule has 1 fully saturated rings. The molecule has 0 aliphatic carbocycles. The highest BCUT2D eigenvalue weighted by molar-refractivity contribution is 5.83. The molecule has 3 atom stereocenters. The Hall–Kier alpha value is -2.53. The molecule has 0 saturated carbocycles. The number of anilines is 2. The lowest BCUT2D eigenvalue weighted by molar-refractivity contribution is -0.383. The third-order valence-electron chi connectivity index (χ3n) is 4.33. The van der Waals surface area contributed by atoms with Gasteiger partial charge in [0.2, 0.25) is 11.6 Å². The minimum atomic E-state index is -0.879. The lowest BCUT2D eigenvalue weighted by atomic mass is 10.1. The molecule has 3 N–H and O–H groups in total. The van der Waals surface area contributed by atoms with Gasteiger partial charge in [-0.3, -0.25) is 10.1 Å². The first-order chi connectivity index (χ1) is 12.3. The normalized spacial score (nSPS) is 20.9. The number of methoxy groups -OCH3 is 1. The lowest BCUT2D eigenvalue weighted by Gasteiger charge is -2.24. The van der Waals surface area contributed by atoms with Gasteiger partial charge in [-0.15, -0.1) is 0 Å². The Morgan fingerprint density at radius 2 is 2.23 bits per heavy atom. The summed E-state index contributed by atoms with van der Waals surface area (Å²) in [6.07, 6.45) is 0.381. The summed E-state index contributed by atoms with van der Waals surface area (Å²) >= 11 is 0. The van der Waals surface area contributed by atoms with Gasteiger partial charge in [-0.05, 0) is 5.92 Å². The summed E-state index contributed by atoms with van der Waals surface area (Å²) in [6, 6.07) is -1.33. The van der Waals surface area contributed by atoms with E-state index in [1.54, 1.807) is 0 Å². The smallest absolute Gasteiger partial charge is 0.353 e. The summed E-state index contributed by atoms with van der Waals surface area (Å²) in [5, 5.41) is 33.9. The van der Waals surface area contributed by atoms with E-state index in [0.717, 1.165) is 6.33 Å². The second-order valence-electron chi connectivity index (χ2n) is 6.41. The van der Waals surface area contributed by atoms with Crippen molar-refractivity contribution in [1.29, 1.82) is 0 Å². The molecule has 1 aliphatic rings. The van der Waals surface area contributed by atoms with Crippen LogP contribution < -0.4 is 10.2 Å². The Labute approximate surface area is 150 Å². The van der Waals surface area contributed by atoms with Crippen LogP contribution in [0.5, 0.6) is 0 Å². The molecule has 11 heteroatoms. The van der Waals surface area contributed by atoms with Crippen LogP contribution in [0.3, 0.4) is 0 Å². The van der Waals surface area contributed by atoms with Gasteiger partial charge in [-0.2, -0.15) is 0 Å². The van der Waals surface area contributed by atoms with Gasteiger partial charge < -0.3 is 25.2 Å². The number of nitrogens with one attached hydrogen (secondary N) is 1. The number of β-amino-alcohol motifs (C(OH)–C–C–N with tert-alkyl or cyclic N) is 1. The molecule has 26 heavy (non-hydrogen) atoms. The van der Waals surface area contributed by atoms with E-state index in [2.05, 4.69) is 15.3 Å². The van der Waals surface area contributed by atoms with Gasteiger partial charge in [0.25, 0.3) is 0 Å². The van der Waals surface area contributed by atoms with Crippen LogP contribution in [-0.4, -0.2) is 69.5 Å². The molecule has 1 aliphatic heterocycles. The van der Waals surface area contributed by atoms with Crippen molar-refractivity contribution in [2.24, 2.45) is 5.92 Å². The van der Waals surface area contributed by atoms with E-state index >= 15 is 0 Å². The second-order valence-corrected chi connectivity index (χ2v) is 6.41. The van der Waals surface area contributed by atoms with Crippen LogP contribution >= 0.6 is 0 Å². The Morgan fingerprint density at radius 1 is 1.54 bits per heavy atom. The van der Waals surface area contributed by atoms with E-state index < -0.39 is 34.8 Å². The third kappa shape index (κ3) is 3.99. The number of aliphatic hydroxyl groups excluding tert-OH is 2. The fourth-order valence-electron chi connectivity index (χ4n) is 2.86. The highest BCUT2D eigenvalue weighted by atomic mass is 16.6. The molecule has 0 spiro atoms. The maximum atomic E-state index is 12.0. The zero-order valence-electron chi connectivity index (χ0n) is 14.8. The van der Waals surface area contributed by atoms with Crippen molar-refractivity contribution in [3.63, 3.8) is 0 Å². The van der Waals surface area contributed by atoms with Crippen LogP contribution in [0.4, 0.5) is 17.3 Å². The number of hydrogen-bond acceptors (Lipinski definition) is 10. The fourth-order valence-corrected chi connectivity index (χ4v) is 2.86. The molecule has 2 rings (SSSR count). The molecular weight excluding hydrogens is 346 g/mol. The monoisotopic (exact) mass is 369 g/mol. The summed E-state index contributed by atoms with van der Waals surface area (Å²) in [4.78, 5) is 32.3. The van der Waals surface area contributed by atoms with E-state index in [0.29, 0.717) is 0 Å². The van der Waals surface area contributed by atoms with Gasteiger partial charge >= 0.3 is 11.7 Å². The summed E-state index contributed by atoms with van der Waals surface area (Å²) in [5.41, 5.74) is -0.422. The first-order valence-corrected chi connectivity index (χ1v) is 8.19. The molecule has 2 heterocycles. The molecule has 0 amide bonds. The minimum absolute atomic E-state index is 0.00463. The number of hydrogen-bond donors (Lipinski definition) is 3. The van der Waals surface area contributed by atoms with Crippen molar-refractivity contribution < 1.29 is 24.7 Å². The Bertz CT molecular complexity index is 670. The molecule has 1 aromatic rings. The van der Waals surface area contributed by atoms with Crippen molar-refractivity contribution >= 4 is 23.3 Å². The molecule has 1 unspecified atom stereocenters. The number of aromatic nitrogens is 2. The maximum absolute atomic E-state index is 12.0. The van der Waals surface area contributed by atoms with Gasteiger partial charge in [-0.1, -0.05) is 13.8 Å². The van der Waals surface area contributed by atoms with Crippen LogP contribution in [-0.2, 0) is 9.53 Å². The maximum Gasteiger partial charge on any atom is 0.353 e. The van der Waals surface area contributed by atoms with Crippen LogP contribution in [0.25, 0.3) is 0 Å². The highest BCUT2D eigenvalue weighted by Gasteiger charge is 2.41. The number of carbonyl (C=O) groups is 1. The molecule has 0 radical (unpaired) electrons. The van der Waals surface area contributed by atoms with Crippen molar-refractivity contribution in [3.8, 4) is 0 Å². The number of carbonyl (C=O) groups excluding carboxylic acids is 1. The number of ether oxygens (including phenoxy) is 1. The average Bonchev–Trinajstić information content (AvgIpc) is 2.99. The van der Waals surface area contributed by atoms with Crippen molar-refractivity contribution in [3.05, 3.63) is 16.4 Å². The van der Waals surface area contributed by atoms with Crippen molar-refractivity contribution in [2.45, 2.75) is 38.5 Å². The molecular formula is C15H23N5O6. The summed E-state index contributed by atoms with van der Waals surface area (Å²) < 4.78 is 4.72. The van der Waals surface area contributed by atoms with Gasteiger partial charge in [0.05, 0.1) is 30.8 Å². The molecule has 1 aromatic heterocycles. The van der Waals surface area contributed by atoms with Gasteiger partial charge in [-0.25, -0.2) is 14.8 Å². The first-order valence-electron chi connectivity index (χ1n) is 8.19. The Kier molecular flexibility index (Phi) is 6.27. The van der Waals surface area contributed by atoms with Crippen LogP contribution in [0, 0.1) is 16.0 Å². The topological polar surface area (TPSA) is 151 Å². The van der Waals surface area contributed by atoms with Crippen LogP contribution in [0.15, 0.2) is 6.33 Å². The fraction of sp³-hybridized carbons (Fsp3) is 0.667. The number of nitrogens with zero attached hydrogens (tertiary/aromatic N) is 4. The second kappa shape index (κ2) is 8.23. The summed E-state index contributed by atoms with van der Waals surface area (Å²) in [7, 11) is 1.21. The Morgan fingerprint density at radius 3 is 2.77 bits per heavy atom. The van der Waals surface area contributed by atoms with Gasteiger partial charge in [0.15, 0.2) is 0 Å². The molecule has 144 valence electrons. The zero-order chi connectivity index (χ0) is 19.4. The molecule has 0 bridgehead atoms. The third-order valence-corrected chi connectivity index (χ3v) is 4.33. The van der Waals surface area contributed by atoms with Crippen molar-refractivity contribution in [1.82, 2.24) is 9.97 Å². The predicted octanol–water partition coefficient (Wildman–Crippen LogP) is -0.0738. The average molecular weight is 369 g/mol. The van der Waals surface area contributed by atoms with E-state index in [-0.39, 0.29) is 37.1 Å². The molecule has 0 aromatic carbocycles. The van der Waals surface area contributed by atoms with Gasteiger partial charge in [0, 0.05) is 13.0 Å². The standard InChI is InChI=1S/C15H23N5O6/c1-8(2)10(6-21)18-13-12(20(24)25)14(17-7-16-13)19-5-9(22)4-11(19)15(23)26-3/h7-11,21-22H,4-6H2,1-3H3,(H,16,17,18)/t9-,10?,11+/m1/s1. The molecule has 1 saturated heterocycles. The number of esters is 1. The SMILES string of the molecule is COC(=O)[C@@H]1C[C@@H](O)CN1c1ncnc(NC(CO)C(C)C)c1[N+](=O)[O-]. The van der Waals surface area contributed by atoms with E-state index in [4.69, 9.17) is 4.74 Å². The quantitative estimate of drug-likeness (QED) is 0.338. The summed E-state index contributed by atoms with van der Waals surface area (Å²) in [6.45, 7) is 3.48. The largest absolute Gasteiger partial charge is 0.467 e. The lowest BCUT2D eigenvalue weighted by Crippen LogP contribution is -2.38. The Balaban J connectivity index is 2.47. The highest BCUT2D eigenvalue weighted by Crippen LogP contribution is 2.36. The van der Waals surface area contributed by atoms with E-state index in [1.807, 2.05) is 13.8 Å². The zero-order valence-corrected chi connectivity index (χ0v) is 14.8. The van der Waals surface area contributed by atoms with Gasteiger partial charge in [0.1, 0.15) is 12.4 Å². The van der Waals surface area contributed by atoms with Crippen LogP contribution in [0.2, 0.25) is 0 Å². The van der Waals surface area contributed by atoms with E-state index in [1.165, 1.54) is 12.0 Å². The van der Waals surface area contributed by atoms with E-state index in [9.17, 15) is 25.1 Å².